The number of halogens is 3. The van der Waals surface area contributed by atoms with Crippen LogP contribution >= 0.6 is 23.2 Å². The van der Waals surface area contributed by atoms with E-state index in [1.54, 1.807) is 30.3 Å². The van der Waals surface area contributed by atoms with Crippen molar-refractivity contribution in [2.45, 2.75) is 6.54 Å². The van der Waals surface area contributed by atoms with E-state index < -0.39 is 5.82 Å². The van der Waals surface area contributed by atoms with Gasteiger partial charge in [0.15, 0.2) is 0 Å². The average molecular weight is 295 g/mol. The lowest BCUT2D eigenvalue weighted by Gasteiger charge is -2.09. The van der Waals surface area contributed by atoms with Crippen LogP contribution in [0.3, 0.4) is 0 Å². The van der Waals surface area contributed by atoms with Gasteiger partial charge in [-0.2, -0.15) is 5.26 Å². The van der Waals surface area contributed by atoms with Crippen molar-refractivity contribution >= 4 is 28.9 Å². The zero-order chi connectivity index (χ0) is 13.8. The standard InChI is InChI=1S/C14H9Cl2FN2/c15-12-5-4-11(6-13(12)16)19-8-10-3-1-2-9(7-18)14(10)17/h1-6,19H,8H2. The smallest absolute Gasteiger partial charge is 0.145 e. The third-order valence-corrected chi connectivity index (χ3v) is 3.34. The van der Waals surface area contributed by atoms with E-state index in [2.05, 4.69) is 5.32 Å². The van der Waals surface area contributed by atoms with E-state index in [0.717, 1.165) is 5.69 Å². The summed E-state index contributed by atoms with van der Waals surface area (Å²) in [6.07, 6.45) is 0. The fraction of sp³-hybridized carbons (Fsp3) is 0.0714. The van der Waals surface area contributed by atoms with E-state index in [0.29, 0.717) is 15.6 Å². The molecule has 0 aliphatic heterocycles. The van der Waals surface area contributed by atoms with E-state index in [9.17, 15) is 4.39 Å². The minimum atomic E-state index is -0.502. The maximum Gasteiger partial charge on any atom is 0.145 e. The minimum absolute atomic E-state index is 0.0356. The van der Waals surface area contributed by atoms with Crippen molar-refractivity contribution in [1.82, 2.24) is 0 Å². The molecular weight excluding hydrogens is 286 g/mol. The molecule has 0 amide bonds. The lowest BCUT2D eigenvalue weighted by atomic mass is 10.1. The van der Waals surface area contributed by atoms with Crippen molar-refractivity contribution in [2.24, 2.45) is 0 Å². The molecule has 0 fully saturated rings. The van der Waals surface area contributed by atoms with Crippen LogP contribution in [0.1, 0.15) is 11.1 Å². The molecular formula is C14H9Cl2FN2. The van der Waals surface area contributed by atoms with Gasteiger partial charge >= 0.3 is 0 Å². The Labute approximate surface area is 120 Å². The highest BCUT2D eigenvalue weighted by Crippen LogP contribution is 2.25. The monoisotopic (exact) mass is 294 g/mol. The molecule has 2 nitrogen and oxygen atoms in total. The number of hydrogen-bond donors (Lipinski definition) is 1. The predicted octanol–water partition coefficient (Wildman–Crippen LogP) is 4.62. The summed E-state index contributed by atoms with van der Waals surface area (Å²) in [4.78, 5) is 0. The Hall–Kier alpha value is -1.76. The molecule has 0 unspecified atom stereocenters. The van der Waals surface area contributed by atoms with Crippen LogP contribution in [0.25, 0.3) is 0 Å². The number of hydrogen-bond acceptors (Lipinski definition) is 2. The van der Waals surface area contributed by atoms with Crippen LogP contribution in [0.5, 0.6) is 0 Å². The molecule has 1 N–H and O–H groups in total. The Balaban J connectivity index is 2.15. The second kappa shape index (κ2) is 5.92. The summed E-state index contributed by atoms with van der Waals surface area (Å²) < 4.78 is 13.8. The van der Waals surface area contributed by atoms with Crippen LogP contribution in [-0.4, -0.2) is 0 Å². The summed E-state index contributed by atoms with van der Waals surface area (Å²) in [7, 11) is 0. The zero-order valence-corrected chi connectivity index (χ0v) is 11.3. The Bertz CT molecular complexity index is 650. The number of rotatable bonds is 3. The van der Waals surface area contributed by atoms with Crippen LogP contribution < -0.4 is 5.32 Å². The first kappa shape index (κ1) is 13.7. The molecule has 0 bridgehead atoms. The van der Waals surface area contributed by atoms with Gasteiger partial charge in [-0.25, -0.2) is 4.39 Å². The van der Waals surface area contributed by atoms with Gasteiger partial charge in [0.05, 0.1) is 15.6 Å². The number of nitrogens with one attached hydrogen (secondary N) is 1. The summed E-state index contributed by atoms with van der Waals surface area (Å²) in [6, 6.07) is 11.6. The van der Waals surface area contributed by atoms with Gasteiger partial charge in [-0.15, -0.1) is 0 Å². The molecule has 0 spiro atoms. The highest BCUT2D eigenvalue weighted by molar-refractivity contribution is 6.42. The Morgan fingerprint density at radius 1 is 1.16 bits per heavy atom. The van der Waals surface area contributed by atoms with Crippen LogP contribution in [0, 0.1) is 17.1 Å². The normalized spacial score (nSPS) is 10.0. The van der Waals surface area contributed by atoms with E-state index in [1.165, 1.54) is 6.07 Å². The van der Waals surface area contributed by atoms with E-state index in [1.807, 2.05) is 6.07 Å². The number of anilines is 1. The van der Waals surface area contributed by atoms with Gasteiger partial charge in [-0.05, 0) is 24.3 Å². The van der Waals surface area contributed by atoms with Gasteiger partial charge in [0, 0.05) is 17.8 Å². The first-order valence-electron chi connectivity index (χ1n) is 5.48. The SMILES string of the molecule is N#Cc1cccc(CNc2ccc(Cl)c(Cl)c2)c1F. The molecule has 96 valence electrons. The van der Waals surface area contributed by atoms with Crippen molar-refractivity contribution in [2.75, 3.05) is 5.32 Å². The minimum Gasteiger partial charge on any atom is -0.381 e. The molecule has 0 heterocycles. The second-order valence-electron chi connectivity index (χ2n) is 3.87. The summed E-state index contributed by atoms with van der Waals surface area (Å²) in [5.74, 6) is -0.502. The largest absolute Gasteiger partial charge is 0.381 e. The van der Waals surface area contributed by atoms with Crippen LogP contribution in [0.2, 0.25) is 10.0 Å². The molecule has 5 heteroatoms. The van der Waals surface area contributed by atoms with Crippen LogP contribution in [0.15, 0.2) is 36.4 Å². The maximum atomic E-state index is 13.8. The summed E-state index contributed by atoms with van der Waals surface area (Å²) in [6.45, 7) is 0.263. The second-order valence-corrected chi connectivity index (χ2v) is 4.69. The number of nitrogens with zero attached hydrogens (tertiary/aromatic N) is 1. The molecule has 0 aliphatic carbocycles. The molecule has 0 aliphatic rings. The molecule has 2 aromatic rings. The number of benzene rings is 2. The van der Waals surface area contributed by atoms with E-state index >= 15 is 0 Å². The van der Waals surface area contributed by atoms with Crippen molar-refractivity contribution < 1.29 is 4.39 Å². The topological polar surface area (TPSA) is 35.8 Å². The molecule has 19 heavy (non-hydrogen) atoms. The fourth-order valence-electron chi connectivity index (χ4n) is 1.61. The van der Waals surface area contributed by atoms with Gasteiger partial charge < -0.3 is 5.32 Å². The first-order valence-corrected chi connectivity index (χ1v) is 6.24. The lowest BCUT2D eigenvalue weighted by Crippen LogP contribution is -2.03. The van der Waals surface area contributed by atoms with Crippen molar-refractivity contribution in [3.63, 3.8) is 0 Å². The van der Waals surface area contributed by atoms with Gasteiger partial charge in [-0.1, -0.05) is 35.3 Å². The van der Waals surface area contributed by atoms with Crippen LogP contribution in [0.4, 0.5) is 10.1 Å². The summed E-state index contributed by atoms with van der Waals surface area (Å²) in [5, 5.41) is 12.7. The van der Waals surface area contributed by atoms with Gasteiger partial charge in [0.25, 0.3) is 0 Å². The Kier molecular flexibility index (Phi) is 4.26. The fourth-order valence-corrected chi connectivity index (χ4v) is 1.90. The third kappa shape index (κ3) is 3.17. The highest BCUT2D eigenvalue weighted by Gasteiger charge is 2.07. The molecule has 0 saturated carbocycles. The number of nitriles is 1. The molecule has 0 saturated heterocycles. The quantitative estimate of drug-likeness (QED) is 0.897. The van der Waals surface area contributed by atoms with Gasteiger partial charge in [-0.3, -0.25) is 0 Å². The van der Waals surface area contributed by atoms with Crippen LogP contribution in [-0.2, 0) is 6.54 Å². The van der Waals surface area contributed by atoms with Crippen molar-refractivity contribution in [3.8, 4) is 6.07 Å². The average Bonchev–Trinajstić information content (AvgIpc) is 2.41. The van der Waals surface area contributed by atoms with Crippen molar-refractivity contribution in [1.29, 1.82) is 5.26 Å². The Morgan fingerprint density at radius 2 is 1.95 bits per heavy atom. The molecule has 0 radical (unpaired) electrons. The third-order valence-electron chi connectivity index (χ3n) is 2.60. The maximum absolute atomic E-state index is 13.8. The summed E-state index contributed by atoms with van der Waals surface area (Å²) in [5.41, 5.74) is 1.19. The zero-order valence-electron chi connectivity index (χ0n) is 9.75. The first-order chi connectivity index (χ1) is 9.11. The molecule has 0 aromatic heterocycles. The van der Waals surface area contributed by atoms with Gasteiger partial charge in [0.1, 0.15) is 11.9 Å². The summed E-state index contributed by atoms with van der Waals surface area (Å²) >= 11 is 11.7. The molecule has 2 aromatic carbocycles. The lowest BCUT2D eigenvalue weighted by molar-refractivity contribution is 0.609. The predicted molar refractivity (Wildman–Crippen MR) is 74.9 cm³/mol. The molecule has 0 atom stereocenters. The van der Waals surface area contributed by atoms with Gasteiger partial charge in [0.2, 0.25) is 0 Å². The van der Waals surface area contributed by atoms with Crippen molar-refractivity contribution in [3.05, 3.63) is 63.4 Å². The highest BCUT2D eigenvalue weighted by atomic mass is 35.5. The molecule has 2 rings (SSSR count). The van der Waals surface area contributed by atoms with E-state index in [4.69, 9.17) is 28.5 Å². The Morgan fingerprint density at radius 3 is 2.63 bits per heavy atom. The van der Waals surface area contributed by atoms with E-state index in [-0.39, 0.29) is 12.1 Å².